The highest BCUT2D eigenvalue weighted by atomic mass is 19.2. The topological polar surface area (TPSA) is 49.9 Å². The van der Waals surface area contributed by atoms with Crippen molar-refractivity contribution in [2.45, 2.75) is 33.1 Å². The van der Waals surface area contributed by atoms with E-state index in [2.05, 4.69) is 6.92 Å². The molecule has 5 nitrogen and oxygen atoms in total. The van der Waals surface area contributed by atoms with Crippen LogP contribution in [0.3, 0.4) is 0 Å². The third-order valence-electron chi connectivity index (χ3n) is 5.81. The summed E-state index contributed by atoms with van der Waals surface area (Å²) in [6.07, 6.45) is 2.84. The van der Waals surface area contributed by atoms with Gasteiger partial charge in [0.05, 0.1) is 17.9 Å². The number of imide groups is 1. The van der Waals surface area contributed by atoms with E-state index in [9.17, 15) is 18.4 Å². The molecular formula is C25H26F2N2O3. The Balaban J connectivity index is 1.76. The van der Waals surface area contributed by atoms with Crippen molar-refractivity contribution < 1.29 is 23.1 Å². The average Bonchev–Trinajstić information content (AvgIpc) is 3.04. The largest absolute Gasteiger partial charge is 0.494 e. The lowest BCUT2D eigenvalue weighted by atomic mass is 9.97. The van der Waals surface area contributed by atoms with E-state index in [0.717, 1.165) is 36.3 Å². The normalized spacial score (nSPS) is 19.2. The van der Waals surface area contributed by atoms with Gasteiger partial charge in [0.25, 0.3) is 11.8 Å². The zero-order chi connectivity index (χ0) is 22.8. The van der Waals surface area contributed by atoms with Crippen molar-refractivity contribution in [1.29, 1.82) is 0 Å². The Labute approximate surface area is 186 Å². The molecule has 168 valence electrons. The molecule has 2 aromatic rings. The van der Waals surface area contributed by atoms with Gasteiger partial charge in [-0.1, -0.05) is 26.0 Å². The van der Waals surface area contributed by atoms with Crippen LogP contribution in [-0.4, -0.2) is 36.4 Å². The molecule has 0 aromatic heterocycles. The summed E-state index contributed by atoms with van der Waals surface area (Å²) in [5, 5.41) is 0. The molecule has 7 heteroatoms. The Morgan fingerprint density at radius 2 is 1.78 bits per heavy atom. The van der Waals surface area contributed by atoms with Gasteiger partial charge in [-0.15, -0.1) is 0 Å². The summed E-state index contributed by atoms with van der Waals surface area (Å²) in [6, 6.07) is 10.1. The SMILES string of the molecule is CCCOc1ccc(C2=C(N3CCCC(C)C3)C(=O)N(c3ccc(F)c(F)c3)C2=O)cc1. The number of carbonyl (C=O) groups excluding carboxylic acids is 2. The summed E-state index contributed by atoms with van der Waals surface area (Å²) >= 11 is 0. The standard InChI is InChI=1S/C25H26F2N2O3/c1-3-13-32-19-9-6-17(7-10-19)22-23(28-12-4-5-16(2)15-28)25(31)29(24(22)30)18-8-11-20(26)21(27)14-18/h6-11,14,16H,3-5,12-13,15H2,1-2H3. The molecule has 1 fully saturated rings. The van der Waals surface area contributed by atoms with Gasteiger partial charge in [-0.2, -0.15) is 0 Å². The smallest absolute Gasteiger partial charge is 0.282 e. The highest BCUT2D eigenvalue weighted by Gasteiger charge is 2.43. The first-order valence-corrected chi connectivity index (χ1v) is 11.0. The Morgan fingerprint density at radius 3 is 2.44 bits per heavy atom. The predicted octanol–water partition coefficient (Wildman–Crippen LogP) is 4.77. The summed E-state index contributed by atoms with van der Waals surface area (Å²) < 4.78 is 33.0. The van der Waals surface area contributed by atoms with E-state index in [-0.39, 0.29) is 11.3 Å². The van der Waals surface area contributed by atoms with Crippen molar-refractivity contribution >= 4 is 23.1 Å². The molecule has 2 amide bonds. The molecule has 1 unspecified atom stereocenters. The summed E-state index contributed by atoms with van der Waals surface area (Å²) in [5.74, 6) is -2.15. The molecule has 32 heavy (non-hydrogen) atoms. The number of hydrogen-bond donors (Lipinski definition) is 0. The van der Waals surface area contributed by atoms with Crippen LogP contribution in [0.4, 0.5) is 14.5 Å². The summed E-state index contributed by atoms with van der Waals surface area (Å²) in [4.78, 5) is 29.8. The van der Waals surface area contributed by atoms with Crippen LogP contribution >= 0.6 is 0 Å². The molecule has 1 saturated heterocycles. The maximum atomic E-state index is 13.9. The number of nitrogens with zero attached hydrogens (tertiary/aromatic N) is 2. The zero-order valence-electron chi connectivity index (χ0n) is 18.2. The molecule has 2 aliphatic rings. The van der Waals surface area contributed by atoms with E-state index in [1.807, 2.05) is 11.8 Å². The van der Waals surface area contributed by atoms with E-state index < -0.39 is 23.4 Å². The first-order chi connectivity index (χ1) is 15.4. The van der Waals surface area contributed by atoms with Gasteiger partial charge in [-0.25, -0.2) is 13.7 Å². The van der Waals surface area contributed by atoms with Gasteiger partial charge in [0.1, 0.15) is 11.4 Å². The lowest BCUT2D eigenvalue weighted by molar-refractivity contribution is -0.120. The molecule has 0 N–H and O–H groups in total. The summed E-state index contributed by atoms with van der Waals surface area (Å²) in [5.41, 5.74) is 1.19. The number of amides is 2. The fourth-order valence-electron chi connectivity index (χ4n) is 4.26. The third kappa shape index (κ3) is 4.11. The van der Waals surface area contributed by atoms with Gasteiger partial charge in [-0.05, 0) is 55.0 Å². The average molecular weight is 440 g/mol. The molecule has 1 atom stereocenters. The number of ether oxygens (including phenoxy) is 1. The maximum absolute atomic E-state index is 13.9. The number of halogens is 2. The first-order valence-electron chi connectivity index (χ1n) is 11.0. The van der Waals surface area contributed by atoms with Crippen LogP contribution < -0.4 is 9.64 Å². The van der Waals surface area contributed by atoms with Crippen molar-refractivity contribution in [3.8, 4) is 5.75 Å². The van der Waals surface area contributed by atoms with E-state index in [1.165, 1.54) is 6.07 Å². The second-order valence-corrected chi connectivity index (χ2v) is 8.33. The summed E-state index contributed by atoms with van der Waals surface area (Å²) in [7, 11) is 0. The van der Waals surface area contributed by atoms with Crippen molar-refractivity contribution in [3.05, 3.63) is 65.4 Å². The van der Waals surface area contributed by atoms with Crippen LogP contribution in [0.5, 0.6) is 5.75 Å². The van der Waals surface area contributed by atoms with Crippen LogP contribution in [0.2, 0.25) is 0 Å². The van der Waals surface area contributed by atoms with Crippen molar-refractivity contribution in [2.24, 2.45) is 5.92 Å². The van der Waals surface area contributed by atoms with Crippen molar-refractivity contribution in [3.63, 3.8) is 0 Å². The van der Waals surface area contributed by atoms with Gasteiger partial charge in [0, 0.05) is 19.2 Å². The van der Waals surface area contributed by atoms with Crippen LogP contribution in [0.25, 0.3) is 5.57 Å². The van der Waals surface area contributed by atoms with E-state index in [4.69, 9.17) is 4.74 Å². The number of piperidine rings is 1. The van der Waals surface area contributed by atoms with Gasteiger partial charge in [0.15, 0.2) is 11.6 Å². The van der Waals surface area contributed by atoms with Gasteiger partial charge < -0.3 is 9.64 Å². The fraction of sp³-hybridized carbons (Fsp3) is 0.360. The van der Waals surface area contributed by atoms with Crippen molar-refractivity contribution in [1.82, 2.24) is 4.90 Å². The number of likely N-dealkylation sites (tertiary alicyclic amines) is 1. The molecule has 2 heterocycles. The number of carbonyl (C=O) groups is 2. The maximum Gasteiger partial charge on any atom is 0.282 e. The molecule has 0 aliphatic carbocycles. The van der Waals surface area contributed by atoms with Gasteiger partial charge in [-0.3, -0.25) is 9.59 Å². The van der Waals surface area contributed by atoms with E-state index in [1.54, 1.807) is 24.3 Å². The monoisotopic (exact) mass is 440 g/mol. The second-order valence-electron chi connectivity index (χ2n) is 8.33. The highest BCUT2D eigenvalue weighted by molar-refractivity contribution is 6.45. The third-order valence-corrected chi connectivity index (χ3v) is 5.81. The zero-order valence-corrected chi connectivity index (χ0v) is 18.2. The lowest BCUT2D eigenvalue weighted by Crippen LogP contribution is -2.39. The number of benzene rings is 2. The number of hydrogen-bond acceptors (Lipinski definition) is 4. The predicted molar refractivity (Wildman–Crippen MR) is 118 cm³/mol. The molecule has 4 rings (SSSR count). The number of rotatable bonds is 6. The molecule has 0 spiro atoms. The molecule has 0 bridgehead atoms. The van der Waals surface area contributed by atoms with Crippen LogP contribution in [0, 0.1) is 17.6 Å². The van der Waals surface area contributed by atoms with Gasteiger partial charge >= 0.3 is 0 Å². The molecular weight excluding hydrogens is 414 g/mol. The van der Waals surface area contributed by atoms with Crippen LogP contribution in [0.1, 0.15) is 38.7 Å². The Kier molecular flexibility index (Phi) is 6.26. The molecule has 0 saturated carbocycles. The minimum Gasteiger partial charge on any atom is -0.494 e. The highest BCUT2D eigenvalue weighted by Crippen LogP contribution is 2.37. The Hall–Kier alpha value is -3.22. The lowest BCUT2D eigenvalue weighted by Gasteiger charge is -2.33. The fourth-order valence-corrected chi connectivity index (χ4v) is 4.26. The quantitative estimate of drug-likeness (QED) is 0.607. The van der Waals surface area contributed by atoms with E-state index >= 15 is 0 Å². The Morgan fingerprint density at radius 1 is 1.03 bits per heavy atom. The minimum absolute atomic E-state index is 0.0133. The second kappa shape index (κ2) is 9.10. The molecule has 0 radical (unpaired) electrons. The van der Waals surface area contributed by atoms with Crippen LogP contribution in [0.15, 0.2) is 48.2 Å². The molecule has 2 aromatic carbocycles. The van der Waals surface area contributed by atoms with E-state index in [0.29, 0.717) is 42.6 Å². The van der Waals surface area contributed by atoms with Crippen LogP contribution in [-0.2, 0) is 9.59 Å². The summed E-state index contributed by atoms with van der Waals surface area (Å²) in [6.45, 7) is 6.02. The van der Waals surface area contributed by atoms with Gasteiger partial charge in [0.2, 0.25) is 0 Å². The number of anilines is 1. The molecule has 2 aliphatic heterocycles. The Bertz CT molecular complexity index is 1070. The minimum atomic E-state index is -1.11. The van der Waals surface area contributed by atoms with Crippen molar-refractivity contribution in [2.75, 3.05) is 24.6 Å². The first kappa shape index (κ1) is 22.0.